The maximum atomic E-state index is 12.5. The van der Waals surface area contributed by atoms with Crippen LogP contribution in [0.4, 0.5) is 0 Å². The predicted molar refractivity (Wildman–Crippen MR) is 94.4 cm³/mol. The minimum Gasteiger partial charge on any atom is -0.396 e. The lowest BCUT2D eigenvalue weighted by Crippen LogP contribution is -2.41. The number of likely N-dealkylation sites (tertiary alicyclic amines) is 1. The van der Waals surface area contributed by atoms with Crippen molar-refractivity contribution in [2.45, 2.75) is 18.5 Å². The molecule has 8 nitrogen and oxygen atoms in total. The summed E-state index contributed by atoms with van der Waals surface area (Å²) in [5.74, 6) is 1.75. The summed E-state index contributed by atoms with van der Waals surface area (Å²) in [4.78, 5) is 21.1. The summed E-state index contributed by atoms with van der Waals surface area (Å²) in [7, 11) is 0. The lowest BCUT2D eigenvalue weighted by molar-refractivity contribution is -0.127. The molecule has 25 heavy (non-hydrogen) atoms. The smallest absolute Gasteiger partial charge is 0.233 e. The summed E-state index contributed by atoms with van der Waals surface area (Å²) in [5.41, 5.74) is 0. The molecule has 3 rings (SSSR count). The van der Waals surface area contributed by atoms with Crippen LogP contribution in [0.1, 0.15) is 12.7 Å². The molecular formula is C16H27N5O3S. The third-order valence-corrected chi connectivity index (χ3v) is 5.76. The fourth-order valence-corrected chi connectivity index (χ4v) is 4.11. The highest BCUT2D eigenvalue weighted by molar-refractivity contribution is 7.99. The zero-order valence-electron chi connectivity index (χ0n) is 14.7. The number of aryl methyl sites for hydroxylation is 1. The molecule has 0 radical (unpaired) electrons. The predicted octanol–water partition coefficient (Wildman–Crippen LogP) is -0.142. The SMILES string of the molecule is CCc1nc(SCC(=O)N2C[C@@H](CN3CCOCC3)[C@@H](CO)C2)n[nH]1. The van der Waals surface area contributed by atoms with Gasteiger partial charge < -0.3 is 14.7 Å². The summed E-state index contributed by atoms with van der Waals surface area (Å²) in [6, 6.07) is 0. The van der Waals surface area contributed by atoms with Crippen molar-refractivity contribution in [2.24, 2.45) is 11.8 Å². The fourth-order valence-electron chi connectivity index (χ4n) is 3.39. The molecule has 3 heterocycles. The minimum absolute atomic E-state index is 0.0933. The van der Waals surface area contributed by atoms with Crippen LogP contribution in [0.15, 0.2) is 5.16 Å². The van der Waals surface area contributed by atoms with E-state index in [1.54, 1.807) is 0 Å². The van der Waals surface area contributed by atoms with Crippen molar-refractivity contribution in [3.05, 3.63) is 5.82 Å². The second-order valence-electron chi connectivity index (χ2n) is 6.62. The molecule has 0 unspecified atom stereocenters. The number of rotatable bonds is 7. The van der Waals surface area contributed by atoms with Crippen molar-refractivity contribution in [3.8, 4) is 0 Å². The summed E-state index contributed by atoms with van der Waals surface area (Å²) in [5, 5.41) is 17.3. The number of thioether (sulfide) groups is 1. The second-order valence-corrected chi connectivity index (χ2v) is 7.56. The van der Waals surface area contributed by atoms with E-state index >= 15 is 0 Å². The molecule has 1 amide bonds. The van der Waals surface area contributed by atoms with E-state index in [9.17, 15) is 9.90 Å². The average molecular weight is 369 g/mol. The van der Waals surface area contributed by atoms with Gasteiger partial charge in [-0.2, -0.15) is 0 Å². The number of carbonyl (C=O) groups excluding carboxylic acids is 1. The number of aliphatic hydroxyl groups excluding tert-OH is 1. The van der Waals surface area contributed by atoms with Crippen molar-refractivity contribution in [3.63, 3.8) is 0 Å². The normalized spacial score (nSPS) is 24.8. The van der Waals surface area contributed by atoms with Gasteiger partial charge in [-0.1, -0.05) is 18.7 Å². The van der Waals surface area contributed by atoms with E-state index < -0.39 is 0 Å². The largest absolute Gasteiger partial charge is 0.396 e. The van der Waals surface area contributed by atoms with Crippen molar-refractivity contribution in [1.82, 2.24) is 25.0 Å². The van der Waals surface area contributed by atoms with Gasteiger partial charge in [0.05, 0.1) is 19.0 Å². The quantitative estimate of drug-likeness (QED) is 0.646. The molecule has 2 fully saturated rings. The van der Waals surface area contributed by atoms with Gasteiger partial charge in [-0.3, -0.25) is 14.8 Å². The third kappa shape index (κ3) is 4.93. The zero-order chi connectivity index (χ0) is 17.6. The number of nitrogens with one attached hydrogen (secondary N) is 1. The standard InChI is InChI=1S/C16H27N5O3S/c1-2-14-17-16(19-18-14)25-11-15(23)21-8-12(13(9-21)10-22)7-20-3-5-24-6-4-20/h12-13,22H,2-11H2,1H3,(H,17,18,19)/t12-,13-/m1/s1. The molecule has 2 atom stereocenters. The van der Waals surface area contributed by atoms with Gasteiger partial charge in [-0.05, 0) is 5.92 Å². The molecule has 1 aromatic heterocycles. The first-order valence-corrected chi connectivity index (χ1v) is 9.91. The maximum Gasteiger partial charge on any atom is 0.233 e. The lowest BCUT2D eigenvalue weighted by Gasteiger charge is -2.30. The molecule has 0 aromatic carbocycles. The molecule has 1 aromatic rings. The van der Waals surface area contributed by atoms with E-state index in [4.69, 9.17) is 4.74 Å². The average Bonchev–Trinajstić information content (AvgIpc) is 3.27. The van der Waals surface area contributed by atoms with Crippen LogP contribution >= 0.6 is 11.8 Å². The summed E-state index contributed by atoms with van der Waals surface area (Å²) >= 11 is 1.36. The van der Waals surface area contributed by atoms with E-state index in [1.165, 1.54) is 11.8 Å². The van der Waals surface area contributed by atoms with Crippen LogP contribution in [0.3, 0.4) is 0 Å². The van der Waals surface area contributed by atoms with Crippen molar-refractivity contribution in [1.29, 1.82) is 0 Å². The van der Waals surface area contributed by atoms with Crippen LogP contribution in [0.25, 0.3) is 0 Å². The van der Waals surface area contributed by atoms with Gasteiger partial charge >= 0.3 is 0 Å². The molecule has 0 spiro atoms. The van der Waals surface area contributed by atoms with Crippen LogP contribution in [0.5, 0.6) is 0 Å². The van der Waals surface area contributed by atoms with Crippen LogP contribution in [0, 0.1) is 11.8 Å². The molecule has 0 bridgehead atoms. The van der Waals surface area contributed by atoms with Gasteiger partial charge in [0.15, 0.2) is 0 Å². The topological polar surface area (TPSA) is 94.6 Å². The van der Waals surface area contributed by atoms with Gasteiger partial charge in [0.1, 0.15) is 5.82 Å². The van der Waals surface area contributed by atoms with Gasteiger partial charge in [0, 0.05) is 51.7 Å². The van der Waals surface area contributed by atoms with E-state index in [0.29, 0.717) is 23.4 Å². The number of morpholine rings is 1. The molecule has 0 aliphatic carbocycles. The Bertz CT molecular complexity index is 564. The van der Waals surface area contributed by atoms with Crippen LogP contribution in [-0.4, -0.2) is 94.3 Å². The highest BCUT2D eigenvalue weighted by atomic mass is 32.2. The molecule has 0 saturated carbocycles. The summed E-state index contributed by atoms with van der Waals surface area (Å²) in [6.45, 7) is 7.83. The number of hydrogen-bond acceptors (Lipinski definition) is 7. The monoisotopic (exact) mass is 369 g/mol. The van der Waals surface area contributed by atoms with Crippen molar-refractivity contribution in [2.75, 3.05) is 58.3 Å². The number of ether oxygens (including phenoxy) is 1. The minimum atomic E-state index is 0.0933. The Morgan fingerprint density at radius 3 is 2.80 bits per heavy atom. The molecule has 2 aliphatic rings. The van der Waals surface area contributed by atoms with Gasteiger partial charge in [0.2, 0.25) is 11.1 Å². The van der Waals surface area contributed by atoms with E-state index in [1.807, 2.05) is 11.8 Å². The Balaban J connectivity index is 1.49. The van der Waals surface area contributed by atoms with Gasteiger partial charge in [-0.15, -0.1) is 5.10 Å². The van der Waals surface area contributed by atoms with Crippen molar-refractivity contribution >= 4 is 17.7 Å². The number of nitrogens with zero attached hydrogens (tertiary/aromatic N) is 4. The van der Waals surface area contributed by atoms with Crippen LogP contribution < -0.4 is 0 Å². The van der Waals surface area contributed by atoms with Crippen LogP contribution in [-0.2, 0) is 16.0 Å². The molecule has 2 aliphatic heterocycles. The third-order valence-electron chi connectivity index (χ3n) is 4.93. The molecule has 2 saturated heterocycles. The molecule has 9 heteroatoms. The van der Waals surface area contributed by atoms with Crippen LogP contribution in [0.2, 0.25) is 0 Å². The first-order valence-electron chi connectivity index (χ1n) is 8.92. The second kappa shape index (κ2) is 8.98. The number of aliphatic hydroxyl groups is 1. The van der Waals surface area contributed by atoms with E-state index in [0.717, 1.165) is 51.6 Å². The number of amides is 1. The molecular weight excluding hydrogens is 342 g/mol. The summed E-state index contributed by atoms with van der Waals surface area (Å²) in [6.07, 6.45) is 0.801. The first kappa shape index (κ1) is 18.6. The summed E-state index contributed by atoms with van der Waals surface area (Å²) < 4.78 is 5.39. The Morgan fingerprint density at radius 2 is 2.12 bits per heavy atom. The Morgan fingerprint density at radius 1 is 1.36 bits per heavy atom. The molecule has 2 N–H and O–H groups in total. The first-order chi connectivity index (χ1) is 12.2. The highest BCUT2D eigenvalue weighted by Gasteiger charge is 2.35. The Hall–Kier alpha value is -1.16. The van der Waals surface area contributed by atoms with E-state index in [-0.39, 0.29) is 18.4 Å². The number of carbonyl (C=O) groups is 1. The van der Waals surface area contributed by atoms with Gasteiger partial charge in [0.25, 0.3) is 0 Å². The number of aromatic amines is 1. The fraction of sp³-hybridized carbons (Fsp3) is 0.812. The number of H-pyrrole nitrogens is 1. The zero-order valence-corrected chi connectivity index (χ0v) is 15.5. The van der Waals surface area contributed by atoms with Crippen molar-refractivity contribution < 1.29 is 14.6 Å². The Kier molecular flexibility index (Phi) is 6.69. The Labute approximate surface area is 152 Å². The highest BCUT2D eigenvalue weighted by Crippen LogP contribution is 2.25. The lowest BCUT2D eigenvalue weighted by atomic mass is 9.96. The number of hydrogen-bond donors (Lipinski definition) is 2. The van der Waals surface area contributed by atoms with Gasteiger partial charge in [-0.25, -0.2) is 4.98 Å². The van der Waals surface area contributed by atoms with E-state index in [2.05, 4.69) is 20.1 Å². The molecule has 140 valence electrons. The number of aromatic nitrogens is 3. The maximum absolute atomic E-state index is 12.5.